The van der Waals surface area contributed by atoms with Crippen LogP contribution in [-0.4, -0.2) is 11.5 Å². The molecule has 94 valence electrons. The Hall–Kier alpha value is -1.74. The van der Waals surface area contributed by atoms with Crippen LogP contribution >= 0.6 is 0 Å². The Bertz CT molecular complexity index is 468. The van der Waals surface area contributed by atoms with Crippen molar-refractivity contribution in [2.45, 2.75) is 19.4 Å². The molecule has 0 aliphatic heterocycles. The van der Waals surface area contributed by atoms with E-state index in [-0.39, 0.29) is 11.9 Å². The van der Waals surface area contributed by atoms with E-state index in [0.29, 0.717) is 0 Å². The first-order valence-electron chi connectivity index (χ1n) is 6.21. The van der Waals surface area contributed by atoms with Gasteiger partial charge in [-0.05, 0) is 30.7 Å². The number of halogens is 1. The summed E-state index contributed by atoms with van der Waals surface area (Å²) in [5.41, 5.74) is 1.99. The van der Waals surface area contributed by atoms with Crippen LogP contribution in [0.15, 0.2) is 48.7 Å². The molecule has 3 heteroatoms. The molecule has 2 aromatic rings. The van der Waals surface area contributed by atoms with Crippen molar-refractivity contribution < 1.29 is 4.39 Å². The molecule has 1 atom stereocenters. The van der Waals surface area contributed by atoms with Crippen molar-refractivity contribution in [2.75, 3.05) is 6.54 Å². The van der Waals surface area contributed by atoms with E-state index in [0.717, 1.165) is 24.2 Å². The Morgan fingerprint density at radius 2 is 1.94 bits per heavy atom. The summed E-state index contributed by atoms with van der Waals surface area (Å²) in [6.07, 6.45) is 2.31. The van der Waals surface area contributed by atoms with Gasteiger partial charge in [0.15, 0.2) is 0 Å². The van der Waals surface area contributed by atoms with E-state index in [1.165, 1.54) is 12.3 Å². The average Bonchev–Trinajstić information content (AvgIpc) is 2.42. The van der Waals surface area contributed by atoms with Crippen LogP contribution in [0.25, 0.3) is 0 Å². The molecule has 1 N–H and O–H groups in total. The highest BCUT2D eigenvalue weighted by molar-refractivity contribution is 5.27. The summed E-state index contributed by atoms with van der Waals surface area (Å²) >= 11 is 0. The molecule has 2 nitrogen and oxygen atoms in total. The highest BCUT2D eigenvalue weighted by Gasteiger charge is 2.13. The summed E-state index contributed by atoms with van der Waals surface area (Å²) in [6.45, 7) is 3.02. The number of hydrogen-bond acceptors (Lipinski definition) is 2. The maximum absolute atomic E-state index is 12.9. The molecule has 0 saturated heterocycles. The quantitative estimate of drug-likeness (QED) is 0.872. The molecule has 2 rings (SSSR count). The maximum atomic E-state index is 12.9. The molecule has 0 amide bonds. The van der Waals surface area contributed by atoms with Gasteiger partial charge in [-0.25, -0.2) is 4.39 Å². The molecule has 0 bridgehead atoms. The third kappa shape index (κ3) is 3.14. The molecule has 1 unspecified atom stereocenters. The minimum atomic E-state index is -0.305. The second-order valence-corrected chi connectivity index (χ2v) is 4.20. The summed E-state index contributed by atoms with van der Waals surface area (Å²) in [5, 5.41) is 3.44. The van der Waals surface area contributed by atoms with Crippen LogP contribution in [0.5, 0.6) is 0 Å². The fourth-order valence-corrected chi connectivity index (χ4v) is 1.89. The Morgan fingerprint density at radius 1 is 1.17 bits per heavy atom. The topological polar surface area (TPSA) is 24.9 Å². The highest BCUT2D eigenvalue weighted by Crippen LogP contribution is 2.20. The van der Waals surface area contributed by atoms with Gasteiger partial charge in [-0.2, -0.15) is 0 Å². The zero-order chi connectivity index (χ0) is 12.8. The lowest BCUT2D eigenvalue weighted by Crippen LogP contribution is -2.24. The number of nitrogens with zero attached hydrogens (tertiary/aromatic N) is 1. The van der Waals surface area contributed by atoms with E-state index in [9.17, 15) is 4.39 Å². The first-order chi connectivity index (χ1) is 8.81. The van der Waals surface area contributed by atoms with Gasteiger partial charge in [0, 0.05) is 0 Å². The van der Waals surface area contributed by atoms with E-state index < -0.39 is 0 Å². The Kier molecular flexibility index (Phi) is 4.42. The third-order valence-electron chi connectivity index (χ3n) is 2.78. The fourth-order valence-electron chi connectivity index (χ4n) is 1.89. The minimum absolute atomic E-state index is 0.0201. The lowest BCUT2D eigenvalue weighted by Gasteiger charge is -2.18. The van der Waals surface area contributed by atoms with E-state index in [4.69, 9.17) is 0 Å². The van der Waals surface area contributed by atoms with Crippen LogP contribution in [0.4, 0.5) is 4.39 Å². The number of benzene rings is 1. The molecular weight excluding hydrogens is 227 g/mol. The van der Waals surface area contributed by atoms with Crippen LogP contribution in [0.1, 0.15) is 30.6 Å². The zero-order valence-electron chi connectivity index (χ0n) is 10.4. The molecule has 18 heavy (non-hydrogen) atoms. The van der Waals surface area contributed by atoms with Crippen molar-refractivity contribution in [3.8, 4) is 0 Å². The van der Waals surface area contributed by atoms with Gasteiger partial charge in [0.05, 0.1) is 17.9 Å². The van der Waals surface area contributed by atoms with Gasteiger partial charge in [0.2, 0.25) is 0 Å². The first kappa shape index (κ1) is 12.7. The molecule has 0 saturated carbocycles. The van der Waals surface area contributed by atoms with E-state index in [1.54, 1.807) is 6.07 Å². The average molecular weight is 244 g/mol. The lowest BCUT2D eigenvalue weighted by atomic mass is 10.0. The third-order valence-corrected chi connectivity index (χ3v) is 2.78. The van der Waals surface area contributed by atoms with Gasteiger partial charge >= 0.3 is 0 Å². The molecule has 0 aliphatic rings. The predicted molar refractivity (Wildman–Crippen MR) is 70.8 cm³/mol. The number of aromatic nitrogens is 1. The van der Waals surface area contributed by atoms with Crippen molar-refractivity contribution >= 4 is 0 Å². The van der Waals surface area contributed by atoms with Gasteiger partial charge in [0.25, 0.3) is 0 Å². The summed E-state index contributed by atoms with van der Waals surface area (Å²) < 4.78 is 12.9. The van der Waals surface area contributed by atoms with Crippen molar-refractivity contribution in [3.05, 3.63) is 65.7 Å². The fraction of sp³-hybridized carbons (Fsp3) is 0.267. The molecular formula is C15H17FN2. The lowest BCUT2D eigenvalue weighted by molar-refractivity contribution is 0.576. The van der Waals surface area contributed by atoms with E-state index in [1.807, 2.05) is 18.2 Å². The summed E-state index contributed by atoms with van der Waals surface area (Å²) in [5.74, 6) is -0.305. The monoisotopic (exact) mass is 244 g/mol. The summed E-state index contributed by atoms with van der Waals surface area (Å²) in [7, 11) is 0. The first-order valence-corrected chi connectivity index (χ1v) is 6.21. The van der Waals surface area contributed by atoms with Crippen LogP contribution in [0, 0.1) is 5.82 Å². The minimum Gasteiger partial charge on any atom is -0.305 e. The Balaban J connectivity index is 2.27. The van der Waals surface area contributed by atoms with Crippen LogP contribution in [0.3, 0.4) is 0 Å². The molecule has 0 spiro atoms. The van der Waals surface area contributed by atoms with E-state index >= 15 is 0 Å². The van der Waals surface area contributed by atoms with Crippen molar-refractivity contribution in [3.63, 3.8) is 0 Å². The highest BCUT2D eigenvalue weighted by atomic mass is 19.1. The SMILES string of the molecule is CCCNC(c1ccccc1)c1ccc(F)cn1. The van der Waals surface area contributed by atoms with Crippen molar-refractivity contribution in [2.24, 2.45) is 0 Å². The smallest absolute Gasteiger partial charge is 0.141 e. The van der Waals surface area contributed by atoms with Gasteiger partial charge < -0.3 is 5.32 Å². The standard InChI is InChI=1S/C15H17FN2/c1-2-10-17-15(12-6-4-3-5-7-12)14-9-8-13(16)11-18-14/h3-9,11,15,17H,2,10H2,1H3. The largest absolute Gasteiger partial charge is 0.305 e. The van der Waals surface area contributed by atoms with Crippen molar-refractivity contribution in [1.82, 2.24) is 10.3 Å². The summed E-state index contributed by atoms with van der Waals surface area (Å²) in [6, 6.07) is 13.3. The number of nitrogens with one attached hydrogen (secondary N) is 1. The predicted octanol–water partition coefficient (Wildman–Crippen LogP) is 3.31. The van der Waals surface area contributed by atoms with Gasteiger partial charge in [-0.15, -0.1) is 0 Å². The zero-order valence-corrected chi connectivity index (χ0v) is 10.4. The van der Waals surface area contributed by atoms with Crippen LogP contribution in [0.2, 0.25) is 0 Å². The molecule has 0 aliphatic carbocycles. The van der Waals surface area contributed by atoms with Gasteiger partial charge in [-0.3, -0.25) is 4.98 Å². The van der Waals surface area contributed by atoms with Gasteiger partial charge in [0.1, 0.15) is 5.82 Å². The number of rotatable bonds is 5. The van der Waals surface area contributed by atoms with Crippen LogP contribution in [-0.2, 0) is 0 Å². The second-order valence-electron chi connectivity index (χ2n) is 4.20. The Morgan fingerprint density at radius 3 is 2.56 bits per heavy atom. The normalized spacial score (nSPS) is 12.3. The Labute approximate surface area is 107 Å². The number of hydrogen-bond donors (Lipinski definition) is 1. The van der Waals surface area contributed by atoms with Gasteiger partial charge in [-0.1, -0.05) is 37.3 Å². The number of pyridine rings is 1. The molecule has 0 radical (unpaired) electrons. The molecule has 1 heterocycles. The molecule has 0 fully saturated rings. The molecule has 1 aromatic carbocycles. The van der Waals surface area contributed by atoms with Crippen LogP contribution < -0.4 is 5.32 Å². The maximum Gasteiger partial charge on any atom is 0.141 e. The van der Waals surface area contributed by atoms with Crippen molar-refractivity contribution in [1.29, 1.82) is 0 Å². The molecule has 1 aromatic heterocycles. The second kappa shape index (κ2) is 6.26. The summed E-state index contributed by atoms with van der Waals surface area (Å²) in [4.78, 5) is 4.17. The van der Waals surface area contributed by atoms with E-state index in [2.05, 4.69) is 29.4 Å².